The Labute approximate surface area is 141 Å². The third-order valence-corrected chi connectivity index (χ3v) is 5.64. The Balaban J connectivity index is 1.54. The van der Waals surface area contributed by atoms with E-state index in [-0.39, 0.29) is 11.9 Å². The van der Waals surface area contributed by atoms with Crippen LogP contribution in [0.15, 0.2) is 24.3 Å². The summed E-state index contributed by atoms with van der Waals surface area (Å²) < 4.78 is 1.21. The van der Waals surface area contributed by atoms with Gasteiger partial charge in [0.2, 0.25) is 5.91 Å². The second-order valence-electron chi connectivity index (χ2n) is 6.32. The summed E-state index contributed by atoms with van der Waals surface area (Å²) in [4.78, 5) is 19.0. The van der Waals surface area contributed by atoms with Crippen molar-refractivity contribution in [1.82, 2.24) is 9.88 Å². The molecular weight excluding hydrogens is 308 g/mol. The zero-order valence-electron chi connectivity index (χ0n) is 13.6. The van der Waals surface area contributed by atoms with Crippen LogP contribution in [0.1, 0.15) is 44.0 Å². The molecule has 0 radical (unpaired) electrons. The molecule has 3 rings (SSSR count). The minimum Gasteiger partial charge on any atom is -0.391 e. The van der Waals surface area contributed by atoms with E-state index in [0.29, 0.717) is 6.42 Å². The van der Waals surface area contributed by atoms with Crippen molar-refractivity contribution >= 4 is 27.5 Å². The quantitative estimate of drug-likeness (QED) is 0.913. The van der Waals surface area contributed by atoms with Crippen LogP contribution in [0.2, 0.25) is 0 Å². The van der Waals surface area contributed by atoms with Crippen LogP contribution in [0.25, 0.3) is 10.2 Å². The number of para-hydroxylation sites is 1. The third kappa shape index (κ3) is 3.90. The fourth-order valence-corrected chi connectivity index (χ4v) is 4.34. The molecule has 1 aliphatic rings. The van der Waals surface area contributed by atoms with Gasteiger partial charge in [-0.15, -0.1) is 11.3 Å². The van der Waals surface area contributed by atoms with Crippen molar-refractivity contribution in [2.45, 2.75) is 57.6 Å². The number of aromatic nitrogens is 1. The monoisotopic (exact) mass is 332 g/mol. The van der Waals surface area contributed by atoms with Gasteiger partial charge in [0.25, 0.3) is 0 Å². The average Bonchev–Trinajstić information content (AvgIpc) is 2.97. The predicted octanol–water partition coefficient (Wildman–Crippen LogP) is 3.38. The maximum absolute atomic E-state index is 12.5. The highest BCUT2D eigenvalue weighted by atomic mass is 32.1. The lowest BCUT2D eigenvalue weighted by Gasteiger charge is -2.37. The van der Waals surface area contributed by atoms with Crippen molar-refractivity contribution < 1.29 is 9.90 Å². The molecule has 124 valence electrons. The van der Waals surface area contributed by atoms with Crippen LogP contribution in [-0.2, 0) is 11.2 Å². The first-order valence-corrected chi connectivity index (χ1v) is 9.29. The number of rotatable bonds is 5. The highest BCUT2D eigenvalue weighted by molar-refractivity contribution is 7.18. The lowest BCUT2D eigenvalue weighted by atomic mass is 9.97. The van der Waals surface area contributed by atoms with Crippen LogP contribution in [0, 0.1) is 0 Å². The molecule has 1 aliphatic heterocycles. The van der Waals surface area contributed by atoms with Gasteiger partial charge in [-0.3, -0.25) is 4.79 Å². The van der Waals surface area contributed by atoms with Gasteiger partial charge in [-0.2, -0.15) is 0 Å². The molecule has 0 aliphatic carbocycles. The topological polar surface area (TPSA) is 53.4 Å². The molecule has 1 saturated heterocycles. The number of aryl methyl sites for hydroxylation is 1. The minimum atomic E-state index is -0.441. The third-order valence-electron chi connectivity index (χ3n) is 4.55. The van der Waals surface area contributed by atoms with Gasteiger partial charge in [0.15, 0.2) is 0 Å². The Kier molecular flexibility index (Phi) is 5.28. The Morgan fingerprint density at radius 1 is 1.43 bits per heavy atom. The van der Waals surface area contributed by atoms with E-state index in [9.17, 15) is 9.90 Å². The molecule has 2 unspecified atom stereocenters. The number of nitrogens with zero attached hydrogens (tertiary/aromatic N) is 2. The van der Waals surface area contributed by atoms with E-state index in [1.54, 1.807) is 18.3 Å². The van der Waals surface area contributed by atoms with Crippen molar-refractivity contribution in [2.24, 2.45) is 0 Å². The zero-order chi connectivity index (χ0) is 16.2. The Bertz CT molecular complexity index is 635. The van der Waals surface area contributed by atoms with Crippen molar-refractivity contribution in [1.29, 1.82) is 0 Å². The number of carbonyl (C=O) groups excluding carboxylic acids is 1. The fourth-order valence-electron chi connectivity index (χ4n) is 3.33. The van der Waals surface area contributed by atoms with Gasteiger partial charge in [0.05, 0.1) is 27.4 Å². The molecule has 1 fully saturated rings. The van der Waals surface area contributed by atoms with Crippen LogP contribution >= 0.6 is 11.3 Å². The number of carbonyl (C=O) groups is 1. The van der Waals surface area contributed by atoms with E-state index in [0.717, 1.165) is 49.2 Å². The number of fused-ring (bicyclic) bond motifs is 1. The molecule has 0 spiro atoms. The number of piperidine rings is 1. The first-order valence-electron chi connectivity index (χ1n) is 8.47. The second kappa shape index (κ2) is 7.41. The van der Waals surface area contributed by atoms with Crippen molar-refractivity contribution in [3.8, 4) is 0 Å². The maximum atomic E-state index is 12.5. The lowest BCUT2D eigenvalue weighted by Crippen LogP contribution is -2.48. The summed E-state index contributed by atoms with van der Waals surface area (Å²) >= 11 is 1.71. The zero-order valence-corrected chi connectivity index (χ0v) is 14.4. The Morgan fingerprint density at radius 2 is 2.26 bits per heavy atom. The summed E-state index contributed by atoms with van der Waals surface area (Å²) in [6.45, 7) is 2.58. The van der Waals surface area contributed by atoms with Crippen LogP contribution in [0.4, 0.5) is 0 Å². The molecule has 0 saturated carbocycles. The maximum Gasteiger partial charge on any atom is 0.222 e. The minimum absolute atomic E-state index is 0.00120. The summed E-state index contributed by atoms with van der Waals surface area (Å²) in [7, 11) is 0. The second-order valence-corrected chi connectivity index (χ2v) is 7.43. The molecule has 23 heavy (non-hydrogen) atoms. The fraction of sp³-hybridized carbons (Fsp3) is 0.556. The van der Waals surface area contributed by atoms with E-state index >= 15 is 0 Å². The molecule has 1 aromatic heterocycles. The molecule has 2 atom stereocenters. The number of thiazole rings is 1. The number of benzene rings is 1. The first kappa shape index (κ1) is 16.4. The summed E-state index contributed by atoms with van der Waals surface area (Å²) in [5.74, 6) is 0.178. The number of aliphatic hydroxyl groups is 1. The largest absolute Gasteiger partial charge is 0.391 e. The molecule has 5 heteroatoms. The summed E-state index contributed by atoms with van der Waals surface area (Å²) in [5.41, 5.74) is 1.05. The van der Waals surface area contributed by atoms with E-state index in [1.165, 1.54) is 4.70 Å². The molecule has 1 amide bonds. The van der Waals surface area contributed by atoms with Gasteiger partial charge >= 0.3 is 0 Å². The summed E-state index contributed by atoms with van der Waals surface area (Å²) in [6, 6.07) is 8.14. The van der Waals surface area contributed by atoms with Gasteiger partial charge in [0, 0.05) is 13.0 Å². The van der Waals surface area contributed by atoms with E-state index in [1.807, 2.05) is 23.1 Å². The molecule has 2 heterocycles. The first-order chi connectivity index (χ1) is 11.1. The van der Waals surface area contributed by atoms with Gasteiger partial charge in [-0.1, -0.05) is 12.1 Å². The SMILES string of the molecule is CC(O)C1CCCCN1C(=O)CCCc1nc2ccccc2s1. The lowest BCUT2D eigenvalue weighted by molar-refractivity contribution is -0.137. The van der Waals surface area contributed by atoms with Crippen LogP contribution < -0.4 is 0 Å². The highest BCUT2D eigenvalue weighted by Gasteiger charge is 2.29. The smallest absolute Gasteiger partial charge is 0.222 e. The van der Waals surface area contributed by atoms with Gasteiger partial charge < -0.3 is 10.0 Å². The molecule has 1 aromatic carbocycles. The number of amides is 1. The summed E-state index contributed by atoms with van der Waals surface area (Å²) in [5, 5.41) is 11.0. The van der Waals surface area contributed by atoms with E-state index in [4.69, 9.17) is 0 Å². The molecule has 1 N–H and O–H groups in total. The molecule has 2 aromatic rings. The Hall–Kier alpha value is -1.46. The number of aliphatic hydroxyl groups excluding tert-OH is 1. The van der Waals surface area contributed by atoms with Crippen molar-refractivity contribution in [2.75, 3.05) is 6.54 Å². The van der Waals surface area contributed by atoms with Crippen molar-refractivity contribution in [3.63, 3.8) is 0 Å². The van der Waals surface area contributed by atoms with Crippen LogP contribution in [0.3, 0.4) is 0 Å². The molecule has 4 nitrogen and oxygen atoms in total. The predicted molar refractivity (Wildman–Crippen MR) is 93.6 cm³/mol. The van der Waals surface area contributed by atoms with Gasteiger partial charge in [-0.25, -0.2) is 4.98 Å². The Morgan fingerprint density at radius 3 is 3.04 bits per heavy atom. The summed E-state index contributed by atoms with van der Waals surface area (Å²) in [6.07, 6.45) is 4.83. The van der Waals surface area contributed by atoms with E-state index in [2.05, 4.69) is 11.1 Å². The van der Waals surface area contributed by atoms with Crippen LogP contribution in [0.5, 0.6) is 0 Å². The van der Waals surface area contributed by atoms with Crippen LogP contribution in [-0.4, -0.2) is 39.6 Å². The molecule has 0 bridgehead atoms. The van der Waals surface area contributed by atoms with Gasteiger partial charge in [-0.05, 0) is 51.2 Å². The average molecular weight is 332 g/mol. The highest BCUT2D eigenvalue weighted by Crippen LogP contribution is 2.24. The number of likely N-dealkylation sites (tertiary alicyclic amines) is 1. The standard InChI is InChI=1S/C18H24N2O2S/c1-13(21)15-8-4-5-12-20(15)18(22)11-6-10-17-19-14-7-2-3-9-16(14)23-17/h2-3,7,9,13,15,21H,4-6,8,10-12H2,1H3. The number of hydrogen-bond acceptors (Lipinski definition) is 4. The number of hydrogen-bond donors (Lipinski definition) is 1. The normalized spacial score (nSPS) is 19.9. The molecular formula is C18H24N2O2S. The van der Waals surface area contributed by atoms with Gasteiger partial charge in [0.1, 0.15) is 0 Å². The van der Waals surface area contributed by atoms with Crippen molar-refractivity contribution in [3.05, 3.63) is 29.3 Å². The van der Waals surface area contributed by atoms with E-state index < -0.39 is 6.10 Å².